The number of halogens is 3. The van der Waals surface area contributed by atoms with Crippen LogP contribution in [0.2, 0.25) is 15.3 Å². The minimum Gasteiger partial charge on any atom is -0.210 e. The summed E-state index contributed by atoms with van der Waals surface area (Å²) in [7, 11) is 0. The van der Waals surface area contributed by atoms with Gasteiger partial charge in [0.2, 0.25) is 5.28 Å². The summed E-state index contributed by atoms with van der Waals surface area (Å²) in [6, 6.07) is 7.55. The summed E-state index contributed by atoms with van der Waals surface area (Å²) >= 11 is 21.0. The molecule has 0 bridgehead atoms. The molecule has 0 saturated carbocycles. The summed E-state index contributed by atoms with van der Waals surface area (Å²) in [5, 5.41) is 3.14. The number of fused-ring (bicyclic) bond motifs is 1. The fraction of sp³-hybridized carbons (Fsp3) is 0.0769. The average Bonchev–Trinajstić information content (AvgIpc) is 2.74. The Bertz CT molecular complexity index is 802. The molecule has 1 aromatic carbocycles. The van der Waals surface area contributed by atoms with Crippen molar-refractivity contribution in [3.8, 4) is 0 Å². The smallest absolute Gasteiger partial charge is 0.210 e. The summed E-state index contributed by atoms with van der Waals surface area (Å²) in [6.07, 6.45) is 0. The van der Waals surface area contributed by atoms with Crippen LogP contribution in [0.1, 0.15) is 4.88 Å². The van der Waals surface area contributed by atoms with Crippen molar-refractivity contribution in [3.63, 3.8) is 0 Å². The molecule has 2 nitrogen and oxygen atoms in total. The molecule has 3 aromatic rings. The Morgan fingerprint density at radius 2 is 1.85 bits per heavy atom. The van der Waals surface area contributed by atoms with Crippen LogP contribution in [0, 0.1) is 6.92 Å². The lowest BCUT2D eigenvalue weighted by Gasteiger charge is -2.04. The Balaban J connectivity index is 2.07. The molecule has 0 spiro atoms. The molecule has 0 unspecified atom stereocenters. The Labute approximate surface area is 139 Å². The lowest BCUT2D eigenvalue weighted by Crippen LogP contribution is -1.86. The zero-order valence-corrected chi connectivity index (χ0v) is 14.1. The number of nitrogens with zero attached hydrogens (tertiary/aromatic N) is 2. The van der Waals surface area contributed by atoms with Gasteiger partial charge in [-0.2, -0.15) is 0 Å². The predicted octanol–water partition coefficient (Wildman–Crippen LogP) is 6.11. The first-order valence-electron chi connectivity index (χ1n) is 5.59. The number of aryl methyl sites for hydroxylation is 1. The van der Waals surface area contributed by atoms with Gasteiger partial charge in [-0.1, -0.05) is 35.0 Å². The van der Waals surface area contributed by atoms with Gasteiger partial charge in [0.25, 0.3) is 0 Å². The Morgan fingerprint density at radius 1 is 1.05 bits per heavy atom. The molecule has 0 atom stereocenters. The minimum absolute atomic E-state index is 0.252. The first-order valence-corrected chi connectivity index (χ1v) is 8.36. The second kappa shape index (κ2) is 5.70. The van der Waals surface area contributed by atoms with E-state index in [9.17, 15) is 0 Å². The highest BCUT2D eigenvalue weighted by atomic mass is 35.5. The standard InChI is InChI=1S/C13H7Cl3N2S2/c1-6-4-8-11(19-6)17-13(16)18-12(8)20-7-2-3-9(14)10(15)5-7/h2-5H,1H3. The monoisotopic (exact) mass is 360 g/mol. The van der Waals surface area contributed by atoms with Gasteiger partial charge in [-0.15, -0.1) is 11.3 Å². The van der Waals surface area contributed by atoms with Crippen LogP contribution < -0.4 is 0 Å². The van der Waals surface area contributed by atoms with Gasteiger partial charge >= 0.3 is 0 Å². The van der Waals surface area contributed by atoms with Gasteiger partial charge in [-0.25, -0.2) is 9.97 Å². The van der Waals surface area contributed by atoms with E-state index in [2.05, 4.69) is 16.0 Å². The molecule has 20 heavy (non-hydrogen) atoms. The lowest BCUT2D eigenvalue weighted by molar-refractivity contribution is 1.11. The van der Waals surface area contributed by atoms with Crippen molar-refractivity contribution in [2.75, 3.05) is 0 Å². The van der Waals surface area contributed by atoms with Gasteiger partial charge in [0.15, 0.2) is 0 Å². The molecule has 0 aliphatic rings. The van der Waals surface area contributed by atoms with Crippen LogP contribution in [0.15, 0.2) is 34.2 Å². The number of benzene rings is 1. The van der Waals surface area contributed by atoms with E-state index in [1.54, 1.807) is 17.4 Å². The van der Waals surface area contributed by atoms with Crippen LogP contribution in [0.25, 0.3) is 10.2 Å². The van der Waals surface area contributed by atoms with Crippen molar-refractivity contribution in [3.05, 3.63) is 44.5 Å². The second-order valence-corrected chi connectivity index (χ2v) is 7.50. The van der Waals surface area contributed by atoms with Crippen LogP contribution in [-0.4, -0.2) is 9.97 Å². The third-order valence-electron chi connectivity index (χ3n) is 2.56. The Kier molecular flexibility index (Phi) is 4.11. The highest BCUT2D eigenvalue weighted by Crippen LogP contribution is 2.37. The molecule has 0 saturated heterocycles. The largest absolute Gasteiger partial charge is 0.224 e. The average molecular weight is 362 g/mol. The van der Waals surface area contributed by atoms with E-state index < -0.39 is 0 Å². The van der Waals surface area contributed by atoms with E-state index >= 15 is 0 Å². The maximum absolute atomic E-state index is 6.03. The summed E-state index contributed by atoms with van der Waals surface area (Å²) in [4.78, 5) is 11.6. The van der Waals surface area contributed by atoms with Crippen molar-refractivity contribution in [1.29, 1.82) is 0 Å². The second-order valence-electron chi connectivity index (χ2n) is 4.05. The maximum Gasteiger partial charge on any atom is 0.224 e. The third-order valence-corrected chi connectivity index (χ3v) is 5.41. The normalized spacial score (nSPS) is 11.2. The van der Waals surface area contributed by atoms with Gasteiger partial charge in [0, 0.05) is 15.2 Å². The van der Waals surface area contributed by atoms with E-state index in [1.807, 2.05) is 19.1 Å². The summed E-state index contributed by atoms with van der Waals surface area (Å²) in [5.41, 5.74) is 0. The zero-order valence-electron chi connectivity index (χ0n) is 10.2. The molecule has 2 aromatic heterocycles. The van der Waals surface area contributed by atoms with Crippen molar-refractivity contribution < 1.29 is 0 Å². The first-order chi connectivity index (χ1) is 9.52. The van der Waals surface area contributed by atoms with Gasteiger partial charge in [-0.05, 0) is 42.8 Å². The number of aromatic nitrogens is 2. The molecule has 2 heterocycles. The Hall–Kier alpha value is -0.520. The van der Waals surface area contributed by atoms with Crippen molar-refractivity contribution >= 4 is 68.1 Å². The van der Waals surface area contributed by atoms with E-state index in [0.717, 1.165) is 20.1 Å². The molecule has 0 aliphatic carbocycles. The summed E-state index contributed by atoms with van der Waals surface area (Å²) < 4.78 is 0. The molecule has 0 amide bonds. The van der Waals surface area contributed by atoms with Crippen LogP contribution in [0.3, 0.4) is 0 Å². The quantitative estimate of drug-likeness (QED) is 0.407. The molecule has 0 N–H and O–H groups in total. The van der Waals surface area contributed by atoms with Crippen LogP contribution in [0.5, 0.6) is 0 Å². The number of thiophene rings is 1. The lowest BCUT2D eigenvalue weighted by atomic mass is 10.4. The number of hydrogen-bond donors (Lipinski definition) is 0. The highest BCUT2D eigenvalue weighted by Gasteiger charge is 2.11. The topological polar surface area (TPSA) is 25.8 Å². The van der Waals surface area contributed by atoms with E-state index in [4.69, 9.17) is 34.8 Å². The van der Waals surface area contributed by atoms with Gasteiger partial charge in [0.1, 0.15) is 9.86 Å². The van der Waals surface area contributed by atoms with Crippen LogP contribution >= 0.6 is 57.9 Å². The summed E-state index contributed by atoms with van der Waals surface area (Å²) in [5.74, 6) is 0. The molecule has 7 heteroatoms. The third kappa shape index (κ3) is 2.90. The van der Waals surface area contributed by atoms with Crippen molar-refractivity contribution in [1.82, 2.24) is 9.97 Å². The molecular weight excluding hydrogens is 355 g/mol. The first kappa shape index (κ1) is 14.4. The van der Waals surface area contributed by atoms with Gasteiger partial charge in [0.05, 0.1) is 10.0 Å². The van der Waals surface area contributed by atoms with Crippen molar-refractivity contribution in [2.45, 2.75) is 16.8 Å². The van der Waals surface area contributed by atoms with Gasteiger partial charge in [-0.3, -0.25) is 0 Å². The minimum atomic E-state index is 0.252. The van der Waals surface area contributed by atoms with Crippen LogP contribution in [-0.2, 0) is 0 Å². The molecule has 0 radical (unpaired) electrons. The van der Waals surface area contributed by atoms with Crippen LogP contribution in [0.4, 0.5) is 0 Å². The summed E-state index contributed by atoms with van der Waals surface area (Å²) in [6.45, 7) is 2.04. The fourth-order valence-electron chi connectivity index (χ4n) is 1.72. The molecule has 3 rings (SSSR count). The Morgan fingerprint density at radius 3 is 2.60 bits per heavy atom. The molecule has 0 aliphatic heterocycles. The van der Waals surface area contributed by atoms with E-state index in [1.165, 1.54) is 16.6 Å². The van der Waals surface area contributed by atoms with Crippen molar-refractivity contribution in [2.24, 2.45) is 0 Å². The maximum atomic E-state index is 6.03. The number of rotatable bonds is 2. The molecule has 102 valence electrons. The number of hydrogen-bond acceptors (Lipinski definition) is 4. The zero-order chi connectivity index (χ0) is 14.3. The molecular formula is C13H7Cl3N2S2. The predicted molar refractivity (Wildman–Crippen MR) is 87.7 cm³/mol. The molecule has 0 fully saturated rings. The van der Waals surface area contributed by atoms with Gasteiger partial charge < -0.3 is 0 Å². The fourth-order valence-corrected chi connectivity index (χ4v) is 4.23. The van der Waals surface area contributed by atoms with E-state index in [-0.39, 0.29) is 5.28 Å². The highest BCUT2D eigenvalue weighted by molar-refractivity contribution is 7.99. The SMILES string of the molecule is Cc1cc2c(Sc3ccc(Cl)c(Cl)c3)nc(Cl)nc2s1. The van der Waals surface area contributed by atoms with E-state index in [0.29, 0.717) is 10.0 Å².